The van der Waals surface area contributed by atoms with Crippen LogP contribution in [0.1, 0.15) is 24.8 Å². The molecule has 0 aliphatic carbocycles. The van der Waals surface area contributed by atoms with Crippen molar-refractivity contribution in [1.29, 1.82) is 0 Å². The number of benzene rings is 1. The lowest BCUT2D eigenvalue weighted by Crippen LogP contribution is -2.46. The van der Waals surface area contributed by atoms with E-state index in [1.807, 2.05) is 36.4 Å². The van der Waals surface area contributed by atoms with E-state index < -0.39 is 0 Å². The van der Waals surface area contributed by atoms with Crippen molar-refractivity contribution in [3.05, 3.63) is 71.2 Å². The van der Waals surface area contributed by atoms with Gasteiger partial charge >= 0.3 is 0 Å². The first-order chi connectivity index (χ1) is 13.8. The van der Waals surface area contributed by atoms with Gasteiger partial charge < -0.3 is 10.1 Å². The van der Waals surface area contributed by atoms with Crippen LogP contribution in [-0.4, -0.2) is 28.4 Å². The van der Waals surface area contributed by atoms with Crippen molar-refractivity contribution >= 4 is 22.9 Å². The fourth-order valence-electron chi connectivity index (χ4n) is 3.47. The molecule has 1 saturated heterocycles. The van der Waals surface area contributed by atoms with Gasteiger partial charge in [-0.1, -0.05) is 6.42 Å². The highest BCUT2D eigenvalue weighted by molar-refractivity contribution is 7.07. The van der Waals surface area contributed by atoms with Crippen molar-refractivity contribution < 1.29 is 9.53 Å². The summed E-state index contributed by atoms with van der Waals surface area (Å²) in [7, 11) is 0. The monoisotopic (exact) mass is 393 g/mol. The fourth-order valence-corrected chi connectivity index (χ4v) is 4.13. The van der Waals surface area contributed by atoms with Crippen LogP contribution in [0.3, 0.4) is 0 Å². The lowest BCUT2D eigenvalue weighted by Gasteiger charge is -2.34. The zero-order valence-corrected chi connectivity index (χ0v) is 16.4. The van der Waals surface area contributed by atoms with Crippen molar-refractivity contribution in [3.63, 3.8) is 0 Å². The number of hydrogen-bond acceptors (Lipinski definition) is 5. The van der Waals surface area contributed by atoms with Crippen LogP contribution in [0, 0.1) is 0 Å². The third kappa shape index (κ3) is 4.77. The van der Waals surface area contributed by atoms with Gasteiger partial charge in [-0.25, -0.2) is 0 Å². The molecule has 0 unspecified atom stereocenters. The molecule has 144 valence electrons. The molecule has 0 saturated carbocycles. The Bertz CT molecular complexity index is 882. The van der Waals surface area contributed by atoms with Crippen molar-refractivity contribution in [3.8, 4) is 11.5 Å². The van der Waals surface area contributed by atoms with Crippen LogP contribution in [0.15, 0.2) is 65.6 Å². The summed E-state index contributed by atoms with van der Waals surface area (Å²) in [6, 6.07) is 13.2. The van der Waals surface area contributed by atoms with E-state index in [2.05, 4.69) is 32.0 Å². The van der Waals surface area contributed by atoms with Gasteiger partial charge in [0, 0.05) is 18.4 Å². The van der Waals surface area contributed by atoms with Gasteiger partial charge in [0.15, 0.2) is 0 Å². The number of amides is 1. The maximum Gasteiger partial charge on any atom is 0.241 e. The van der Waals surface area contributed by atoms with Crippen LogP contribution in [0.5, 0.6) is 11.5 Å². The largest absolute Gasteiger partial charge is 0.456 e. The Morgan fingerprint density at radius 3 is 2.82 bits per heavy atom. The van der Waals surface area contributed by atoms with Crippen LogP contribution >= 0.6 is 11.3 Å². The molecular formula is C22H23N3O2S. The summed E-state index contributed by atoms with van der Waals surface area (Å²) >= 11 is 1.70. The van der Waals surface area contributed by atoms with Gasteiger partial charge in [0.25, 0.3) is 0 Å². The van der Waals surface area contributed by atoms with E-state index in [-0.39, 0.29) is 11.9 Å². The van der Waals surface area contributed by atoms with Gasteiger partial charge in [-0.3, -0.25) is 14.7 Å². The third-order valence-corrected chi connectivity index (χ3v) is 5.61. The van der Waals surface area contributed by atoms with Gasteiger partial charge in [-0.2, -0.15) is 11.3 Å². The average Bonchev–Trinajstić information content (AvgIpc) is 3.24. The molecular weight excluding hydrogens is 370 g/mol. The zero-order chi connectivity index (χ0) is 19.2. The van der Waals surface area contributed by atoms with Crippen LogP contribution in [-0.2, 0) is 11.3 Å². The molecule has 1 N–H and O–H groups in total. The number of thiophene rings is 1. The molecule has 5 nitrogen and oxygen atoms in total. The van der Waals surface area contributed by atoms with Gasteiger partial charge in [0.05, 0.1) is 12.2 Å². The van der Waals surface area contributed by atoms with E-state index in [0.29, 0.717) is 11.5 Å². The minimum absolute atomic E-state index is 0.0656. The lowest BCUT2D eigenvalue weighted by atomic mass is 10.0. The first-order valence-electron chi connectivity index (χ1n) is 9.52. The van der Waals surface area contributed by atoms with Crippen molar-refractivity contribution in [2.45, 2.75) is 31.8 Å². The fraction of sp³-hybridized carbons (Fsp3) is 0.273. The number of hydrogen-bond donors (Lipinski definition) is 1. The molecule has 1 aliphatic heterocycles. The van der Waals surface area contributed by atoms with E-state index >= 15 is 0 Å². The molecule has 0 spiro atoms. The molecule has 1 amide bonds. The molecule has 4 rings (SSSR count). The predicted octanol–water partition coefficient (Wildman–Crippen LogP) is 4.93. The number of aromatic nitrogens is 1. The van der Waals surface area contributed by atoms with E-state index in [9.17, 15) is 4.79 Å². The van der Waals surface area contributed by atoms with Crippen molar-refractivity contribution in [2.24, 2.45) is 0 Å². The van der Waals surface area contributed by atoms with Crippen LogP contribution in [0.25, 0.3) is 0 Å². The summed E-state index contributed by atoms with van der Waals surface area (Å²) in [5.41, 5.74) is 2.06. The lowest BCUT2D eigenvalue weighted by molar-refractivity contribution is -0.122. The summed E-state index contributed by atoms with van der Waals surface area (Å²) in [4.78, 5) is 19.2. The Morgan fingerprint density at radius 1 is 1.18 bits per heavy atom. The second-order valence-electron chi connectivity index (χ2n) is 6.92. The number of nitrogens with one attached hydrogen (secondary N) is 1. The number of pyridine rings is 1. The Kier molecular flexibility index (Phi) is 5.99. The summed E-state index contributed by atoms with van der Waals surface area (Å²) in [6.45, 7) is 1.80. The number of carbonyl (C=O) groups excluding carboxylic acids is 1. The maximum atomic E-state index is 12.9. The SMILES string of the molecule is O=C(Nc1ccc(Oc2cccnc2)cc1)[C@H]1CCCCN1Cc1ccsc1. The molecule has 1 atom stereocenters. The average molecular weight is 394 g/mol. The minimum atomic E-state index is -0.0834. The predicted molar refractivity (Wildman–Crippen MR) is 112 cm³/mol. The summed E-state index contributed by atoms with van der Waals surface area (Å²) in [5.74, 6) is 1.46. The van der Waals surface area contributed by atoms with Gasteiger partial charge in [0.2, 0.25) is 5.91 Å². The minimum Gasteiger partial charge on any atom is -0.456 e. The first kappa shape index (κ1) is 18.7. The standard InChI is InChI=1S/C22H23N3O2S/c26-22(21-5-1-2-12-25(21)15-17-10-13-28-16-17)24-18-6-8-19(9-7-18)27-20-4-3-11-23-14-20/h3-4,6-11,13-14,16,21H,1-2,5,12,15H2,(H,24,26)/t21-/m1/s1. The highest BCUT2D eigenvalue weighted by atomic mass is 32.1. The highest BCUT2D eigenvalue weighted by Crippen LogP contribution is 2.24. The van der Waals surface area contributed by atoms with E-state index in [0.717, 1.165) is 38.0 Å². The highest BCUT2D eigenvalue weighted by Gasteiger charge is 2.28. The number of carbonyl (C=O) groups is 1. The summed E-state index contributed by atoms with van der Waals surface area (Å²) in [5, 5.41) is 7.31. The Hall–Kier alpha value is -2.70. The van der Waals surface area contributed by atoms with Gasteiger partial charge in [-0.05, 0) is 78.2 Å². The quantitative estimate of drug-likeness (QED) is 0.645. The van der Waals surface area contributed by atoms with Gasteiger partial charge in [-0.15, -0.1) is 0 Å². The summed E-state index contributed by atoms with van der Waals surface area (Å²) in [6.07, 6.45) is 6.52. The van der Waals surface area contributed by atoms with E-state index in [1.54, 1.807) is 23.7 Å². The summed E-state index contributed by atoms with van der Waals surface area (Å²) < 4.78 is 5.75. The topological polar surface area (TPSA) is 54.5 Å². The number of ether oxygens (including phenoxy) is 1. The number of rotatable bonds is 6. The molecule has 3 heterocycles. The zero-order valence-electron chi connectivity index (χ0n) is 15.6. The molecule has 1 fully saturated rings. The second kappa shape index (κ2) is 8.99. The number of nitrogens with zero attached hydrogens (tertiary/aromatic N) is 2. The molecule has 0 radical (unpaired) electrons. The molecule has 2 aromatic heterocycles. The molecule has 1 aromatic carbocycles. The molecule has 6 heteroatoms. The molecule has 0 bridgehead atoms. The van der Waals surface area contributed by atoms with E-state index in [4.69, 9.17) is 4.74 Å². The van der Waals surface area contributed by atoms with Gasteiger partial charge in [0.1, 0.15) is 11.5 Å². The number of likely N-dealkylation sites (tertiary alicyclic amines) is 1. The van der Waals surface area contributed by atoms with E-state index in [1.165, 1.54) is 5.56 Å². The number of anilines is 1. The Labute approximate surface area is 169 Å². The Balaban J connectivity index is 1.37. The molecule has 1 aliphatic rings. The molecule has 3 aromatic rings. The Morgan fingerprint density at radius 2 is 2.07 bits per heavy atom. The first-order valence-corrected chi connectivity index (χ1v) is 10.5. The number of piperidine rings is 1. The normalized spacial score (nSPS) is 17.2. The van der Waals surface area contributed by atoms with Crippen molar-refractivity contribution in [1.82, 2.24) is 9.88 Å². The maximum absolute atomic E-state index is 12.9. The van der Waals surface area contributed by atoms with Crippen LogP contribution < -0.4 is 10.1 Å². The third-order valence-electron chi connectivity index (χ3n) is 4.87. The molecule has 28 heavy (non-hydrogen) atoms. The second-order valence-corrected chi connectivity index (χ2v) is 7.70. The van der Waals surface area contributed by atoms with Crippen LogP contribution in [0.2, 0.25) is 0 Å². The van der Waals surface area contributed by atoms with Crippen LogP contribution in [0.4, 0.5) is 5.69 Å². The smallest absolute Gasteiger partial charge is 0.241 e. The van der Waals surface area contributed by atoms with Crippen molar-refractivity contribution in [2.75, 3.05) is 11.9 Å².